The SMILES string of the molecule is CC1(Nc2ccc([N+](=O)[O-])nc2)CCNC1. The van der Waals surface area contributed by atoms with Gasteiger partial charge in [0.1, 0.15) is 0 Å². The van der Waals surface area contributed by atoms with Gasteiger partial charge in [0.25, 0.3) is 0 Å². The molecule has 1 aliphatic heterocycles. The molecular weight excluding hydrogens is 208 g/mol. The van der Waals surface area contributed by atoms with Crippen molar-refractivity contribution in [2.24, 2.45) is 0 Å². The Morgan fingerprint density at radius 3 is 2.94 bits per heavy atom. The van der Waals surface area contributed by atoms with Crippen molar-refractivity contribution in [2.45, 2.75) is 18.9 Å². The molecule has 0 amide bonds. The molecule has 0 aliphatic carbocycles. The zero-order chi connectivity index (χ0) is 11.6. The van der Waals surface area contributed by atoms with E-state index < -0.39 is 4.92 Å². The van der Waals surface area contributed by atoms with E-state index in [1.807, 2.05) is 0 Å². The maximum Gasteiger partial charge on any atom is 0.363 e. The number of anilines is 1. The van der Waals surface area contributed by atoms with Crippen LogP contribution < -0.4 is 10.6 Å². The number of pyridine rings is 1. The summed E-state index contributed by atoms with van der Waals surface area (Å²) in [5.41, 5.74) is 0.828. The molecule has 1 aliphatic rings. The van der Waals surface area contributed by atoms with E-state index in [-0.39, 0.29) is 11.4 Å². The average molecular weight is 222 g/mol. The number of rotatable bonds is 3. The normalized spacial score (nSPS) is 24.3. The van der Waals surface area contributed by atoms with Crippen LogP contribution in [0.3, 0.4) is 0 Å². The molecule has 1 fully saturated rings. The highest BCUT2D eigenvalue weighted by Crippen LogP contribution is 2.21. The zero-order valence-corrected chi connectivity index (χ0v) is 9.06. The van der Waals surface area contributed by atoms with Crippen molar-refractivity contribution >= 4 is 11.5 Å². The Bertz CT molecular complexity index is 384. The second-order valence-electron chi connectivity index (χ2n) is 4.27. The summed E-state index contributed by atoms with van der Waals surface area (Å²) < 4.78 is 0. The number of nitrogens with zero attached hydrogens (tertiary/aromatic N) is 2. The van der Waals surface area contributed by atoms with Crippen LogP contribution in [0.25, 0.3) is 0 Å². The van der Waals surface area contributed by atoms with Gasteiger partial charge in [0.05, 0.1) is 5.69 Å². The lowest BCUT2D eigenvalue weighted by atomic mass is 10.0. The number of nitrogens with one attached hydrogen (secondary N) is 2. The largest absolute Gasteiger partial charge is 0.376 e. The molecule has 2 heterocycles. The van der Waals surface area contributed by atoms with Gasteiger partial charge in [-0.25, -0.2) is 0 Å². The van der Waals surface area contributed by atoms with E-state index in [1.165, 1.54) is 12.3 Å². The predicted octanol–water partition coefficient (Wildman–Crippen LogP) is 1.15. The van der Waals surface area contributed by atoms with E-state index in [9.17, 15) is 10.1 Å². The fourth-order valence-electron chi connectivity index (χ4n) is 1.84. The molecule has 1 aromatic rings. The van der Waals surface area contributed by atoms with Gasteiger partial charge in [-0.15, -0.1) is 0 Å². The van der Waals surface area contributed by atoms with Crippen molar-refractivity contribution in [2.75, 3.05) is 18.4 Å². The Hall–Kier alpha value is -1.69. The first-order valence-electron chi connectivity index (χ1n) is 5.18. The van der Waals surface area contributed by atoms with Gasteiger partial charge in [0, 0.05) is 18.2 Å². The van der Waals surface area contributed by atoms with Gasteiger partial charge >= 0.3 is 5.82 Å². The van der Waals surface area contributed by atoms with Crippen LogP contribution in [0.1, 0.15) is 13.3 Å². The molecule has 6 heteroatoms. The summed E-state index contributed by atoms with van der Waals surface area (Å²) in [6.45, 7) is 4.00. The molecule has 6 nitrogen and oxygen atoms in total. The van der Waals surface area contributed by atoms with Crippen LogP contribution in [0.4, 0.5) is 11.5 Å². The summed E-state index contributed by atoms with van der Waals surface area (Å²) in [5, 5.41) is 17.0. The lowest BCUT2D eigenvalue weighted by Gasteiger charge is -2.24. The van der Waals surface area contributed by atoms with Gasteiger partial charge in [0.2, 0.25) is 0 Å². The monoisotopic (exact) mass is 222 g/mol. The Morgan fingerprint density at radius 2 is 2.44 bits per heavy atom. The van der Waals surface area contributed by atoms with Crippen LogP contribution >= 0.6 is 0 Å². The van der Waals surface area contributed by atoms with Crippen LogP contribution in [0, 0.1) is 10.1 Å². The molecule has 1 saturated heterocycles. The number of hydrogen-bond acceptors (Lipinski definition) is 5. The Balaban J connectivity index is 2.07. The van der Waals surface area contributed by atoms with E-state index in [0.717, 1.165) is 25.2 Å². The molecule has 0 radical (unpaired) electrons. The van der Waals surface area contributed by atoms with E-state index >= 15 is 0 Å². The molecule has 0 saturated carbocycles. The van der Waals surface area contributed by atoms with Crippen molar-refractivity contribution in [3.63, 3.8) is 0 Å². The minimum absolute atomic E-state index is 0.0117. The molecule has 2 rings (SSSR count). The fraction of sp³-hybridized carbons (Fsp3) is 0.500. The fourth-order valence-corrected chi connectivity index (χ4v) is 1.84. The van der Waals surface area contributed by atoms with Crippen molar-refractivity contribution in [1.82, 2.24) is 10.3 Å². The summed E-state index contributed by atoms with van der Waals surface area (Å²) >= 11 is 0. The predicted molar refractivity (Wildman–Crippen MR) is 60.4 cm³/mol. The van der Waals surface area contributed by atoms with Crippen molar-refractivity contribution in [1.29, 1.82) is 0 Å². The average Bonchev–Trinajstić information content (AvgIpc) is 2.65. The van der Waals surface area contributed by atoms with Gasteiger partial charge in [-0.3, -0.25) is 0 Å². The molecule has 0 aromatic carbocycles. The second-order valence-corrected chi connectivity index (χ2v) is 4.27. The van der Waals surface area contributed by atoms with Gasteiger partial charge in [0.15, 0.2) is 6.20 Å². The summed E-state index contributed by atoms with van der Waals surface area (Å²) in [4.78, 5) is 13.7. The maximum absolute atomic E-state index is 10.4. The van der Waals surface area contributed by atoms with Gasteiger partial charge in [-0.1, -0.05) is 0 Å². The summed E-state index contributed by atoms with van der Waals surface area (Å²) in [5.74, 6) is -0.125. The smallest absolute Gasteiger partial charge is 0.363 e. The molecule has 86 valence electrons. The maximum atomic E-state index is 10.4. The lowest BCUT2D eigenvalue weighted by Crippen LogP contribution is -2.36. The molecule has 16 heavy (non-hydrogen) atoms. The van der Waals surface area contributed by atoms with Crippen molar-refractivity contribution in [3.8, 4) is 0 Å². The van der Waals surface area contributed by atoms with Crippen molar-refractivity contribution < 1.29 is 4.92 Å². The third-order valence-corrected chi connectivity index (χ3v) is 2.75. The van der Waals surface area contributed by atoms with Gasteiger partial charge in [-0.05, 0) is 35.9 Å². The number of nitro groups is 1. The third-order valence-electron chi connectivity index (χ3n) is 2.75. The molecule has 0 spiro atoms. The van der Waals surface area contributed by atoms with Gasteiger partial charge < -0.3 is 20.7 Å². The van der Waals surface area contributed by atoms with E-state index in [2.05, 4.69) is 22.5 Å². The van der Waals surface area contributed by atoms with Gasteiger partial charge in [-0.2, -0.15) is 0 Å². The number of hydrogen-bond donors (Lipinski definition) is 2. The standard InChI is InChI=1S/C10H14N4O2/c1-10(4-5-11-7-10)13-8-2-3-9(12-6-8)14(15)16/h2-3,6,11,13H,4-5,7H2,1H3. The van der Waals surface area contributed by atoms with Crippen LogP contribution in [-0.4, -0.2) is 28.5 Å². The van der Waals surface area contributed by atoms with E-state index in [4.69, 9.17) is 0 Å². The van der Waals surface area contributed by atoms with Crippen LogP contribution in [0.15, 0.2) is 18.3 Å². The summed E-state index contributed by atoms with van der Waals surface area (Å²) in [6, 6.07) is 3.10. The van der Waals surface area contributed by atoms with Crippen LogP contribution in [0.5, 0.6) is 0 Å². The quantitative estimate of drug-likeness (QED) is 0.592. The first kappa shape index (κ1) is 10.8. The lowest BCUT2D eigenvalue weighted by molar-refractivity contribution is -0.389. The molecule has 0 bridgehead atoms. The highest BCUT2D eigenvalue weighted by Gasteiger charge is 2.28. The summed E-state index contributed by atoms with van der Waals surface area (Å²) in [6.07, 6.45) is 2.53. The topological polar surface area (TPSA) is 80.1 Å². The van der Waals surface area contributed by atoms with E-state index in [0.29, 0.717) is 0 Å². The Labute approximate surface area is 93.2 Å². The Morgan fingerprint density at radius 1 is 1.62 bits per heavy atom. The number of aromatic nitrogens is 1. The molecule has 1 atom stereocenters. The highest BCUT2D eigenvalue weighted by molar-refractivity contribution is 5.46. The first-order chi connectivity index (χ1) is 7.59. The Kier molecular flexibility index (Phi) is 2.74. The molecular formula is C10H14N4O2. The minimum atomic E-state index is -0.497. The van der Waals surface area contributed by atoms with Crippen LogP contribution in [-0.2, 0) is 0 Å². The molecule has 1 unspecified atom stereocenters. The minimum Gasteiger partial charge on any atom is -0.376 e. The first-order valence-corrected chi connectivity index (χ1v) is 5.18. The van der Waals surface area contributed by atoms with Crippen LogP contribution in [0.2, 0.25) is 0 Å². The van der Waals surface area contributed by atoms with Crippen molar-refractivity contribution in [3.05, 3.63) is 28.4 Å². The molecule has 2 N–H and O–H groups in total. The summed E-state index contributed by atoms with van der Waals surface area (Å²) in [7, 11) is 0. The third kappa shape index (κ3) is 2.27. The zero-order valence-electron chi connectivity index (χ0n) is 9.06. The van der Waals surface area contributed by atoms with E-state index in [1.54, 1.807) is 6.07 Å². The highest BCUT2D eigenvalue weighted by atomic mass is 16.6. The second kappa shape index (κ2) is 4.05. The molecule has 1 aromatic heterocycles.